The van der Waals surface area contributed by atoms with Gasteiger partial charge in [-0.05, 0) is 56.7 Å². The number of ether oxygens (including phenoxy) is 1. The Bertz CT molecular complexity index is 381. The molecular weight excluding hydrogens is 210 g/mol. The molecule has 1 aliphatic rings. The van der Waals surface area contributed by atoms with Gasteiger partial charge in [-0.3, -0.25) is 0 Å². The molecule has 0 spiro atoms. The SMILES string of the molecule is Cc1cccc(OC2(CN)CCCCC2)c1C. The van der Waals surface area contributed by atoms with Gasteiger partial charge in [0.1, 0.15) is 11.4 Å². The molecule has 1 saturated carbocycles. The summed E-state index contributed by atoms with van der Waals surface area (Å²) in [6, 6.07) is 6.25. The largest absolute Gasteiger partial charge is 0.486 e. The Balaban J connectivity index is 2.20. The van der Waals surface area contributed by atoms with Crippen molar-refractivity contribution in [3.63, 3.8) is 0 Å². The van der Waals surface area contributed by atoms with Crippen LogP contribution in [0.2, 0.25) is 0 Å². The first-order chi connectivity index (χ1) is 8.17. The van der Waals surface area contributed by atoms with Gasteiger partial charge >= 0.3 is 0 Å². The first-order valence-corrected chi connectivity index (χ1v) is 6.62. The van der Waals surface area contributed by atoms with Crippen LogP contribution in [-0.4, -0.2) is 12.1 Å². The number of aryl methyl sites for hydroxylation is 1. The summed E-state index contributed by atoms with van der Waals surface area (Å²) in [4.78, 5) is 0. The summed E-state index contributed by atoms with van der Waals surface area (Å²) in [5.74, 6) is 1.01. The highest BCUT2D eigenvalue weighted by Crippen LogP contribution is 2.34. The Morgan fingerprint density at radius 3 is 2.53 bits per heavy atom. The number of hydrogen-bond acceptors (Lipinski definition) is 2. The lowest BCUT2D eigenvalue weighted by Gasteiger charge is -2.37. The number of benzene rings is 1. The summed E-state index contributed by atoms with van der Waals surface area (Å²) in [5, 5.41) is 0. The van der Waals surface area contributed by atoms with Crippen LogP contribution in [0.5, 0.6) is 5.75 Å². The second kappa shape index (κ2) is 5.09. The summed E-state index contributed by atoms with van der Waals surface area (Å²) in [7, 11) is 0. The molecule has 0 amide bonds. The molecule has 0 unspecified atom stereocenters. The molecule has 0 aromatic heterocycles. The number of rotatable bonds is 3. The molecule has 1 fully saturated rings. The standard InChI is InChI=1S/C15H23NO/c1-12-7-6-8-14(13(12)2)17-15(11-16)9-4-3-5-10-15/h6-8H,3-5,9-11,16H2,1-2H3. The van der Waals surface area contributed by atoms with Crippen molar-refractivity contribution in [2.45, 2.75) is 51.6 Å². The lowest BCUT2D eigenvalue weighted by molar-refractivity contribution is 0.0380. The molecule has 0 radical (unpaired) electrons. The average Bonchev–Trinajstić information content (AvgIpc) is 2.36. The molecule has 17 heavy (non-hydrogen) atoms. The van der Waals surface area contributed by atoms with Gasteiger partial charge in [0, 0.05) is 6.54 Å². The summed E-state index contributed by atoms with van der Waals surface area (Å²) in [6.07, 6.45) is 5.98. The van der Waals surface area contributed by atoms with E-state index in [1.165, 1.54) is 30.4 Å². The second-order valence-corrected chi connectivity index (χ2v) is 5.25. The topological polar surface area (TPSA) is 35.2 Å². The molecule has 1 aromatic carbocycles. The van der Waals surface area contributed by atoms with E-state index in [9.17, 15) is 0 Å². The zero-order valence-electron chi connectivity index (χ0n) is 11.0. The van der Waals surface area contributed by atoms with E-state index in [-0.39, 0.29) is 5.60 Å². The Hall–Kier alpha value is -1.02. The zero-order chi connectivity index (χ0) is 12.3. The Morgan fingerprint density at radius 2 is 1.88 bits per heavy atom. The normalized spacial score (nSPS) is 19.0. The fraction of sp³-hybridized carbons (Fsp3) is 0.600. The molecule has 2 rings (SSSR count). The molecule has 2 N–H and O–H groups in total. The molecule has 0 bridgehead atoms. The van der Waals surface area contributed by atoms with Crippen molar-refractivity contribution in [2.24, 2.45) is 5.73 Å². The van der Waals surface area contributed by atoms with E-state index in [1.54, 1.807) is 0 Å². The smallest absolute Gasteiger partial charge is 0.123 e. The fourth-order valence-corrected chi connectivity index (χ4v) is 2.61. The molecule has 0 atom stereocenters. The summed E-state index contributed by atoms with van der Waals surface area (Å²) in [6.45, 7) is 4.87. The monoisotopic (exact) mass is 233 g/mol. The zero-order valence-corrected chi connectivity index (χ0v) is 11.0. The first kappa shape index (κ1) is 12.4. The second-order valence-electron chi connectivity index (χ2n) is 5.25. The van der Waals surface area contributed by atoms with Crippen LogP contribution < -0.4 is 10.5 Å². The third kappa shape index (κ3) is 2.63. The van der Waals surface area contributed by atoms with Crippen molar-refractivity contribution >= 4 is 0 Å². The number of nitrogens with two attached hydrogens (primary N) is 1. The minimum atomic E-state index is -0.114. The van der Waals surface area contributed by atoms with Crippen molar-refractivity contribution in [2.75, 3.05) is 6.54 Å². The van der Waals surface area contributed by atoms with Gasteiger partial charge in [-0.2, -0.15) is 0 Å². The summed E-state index contributed by atoms with van der Waals surface area (Å²) < 4.78 is 6.28. The van der Waals surface area contributed by atoms with Gasteiger partial charge in [-0.25, -0.2) is 0 Å². The van der Waals surface area contributed by atoms with Gasteiger partial charge in [0.25, 0.3) is 0 Å². The molecule has 2 heteroatoms. The fourth-order valence-electron chi connectivity index (χ4n) is 2.61. The highest BCUT2D eigenvalue weighted by molar-refractivity contribution is 5.38. The third-order valence-corrected chi connectivity index (χ3v) is 4.02. The van der Waals surface area contributed by atoms with Gasteiger partial charge in [0.2, 0.25) is 0 Å². The quantitative estimate of drug-likeness (QED) is 0.869. The van der Waals surface area contributed by atoms with E-state index in [2.05, 4.69) is 32.0 Å². The number of hydrogen-bond donors (Lipinski definition) is 1. The molecule has 0 heterocycles. The Kier molecular flexibility index (Phi) is 3.72. The highest BCUT2D eigenvalue weighted by atomic mass is 16.5. The maximum Gasteiger partial charge on any atom is 0.123 e. The van der Waals surface area contributed by atoms with Gasteiger partial charge in [0.05, 0.1) is 0 Å². The first-order valence-electron chi connectivity index (χ1n) is 6.62. The maximum atomic E-state index is 6.28. The lowest BCUT2D eigenvalue weighted by Crippen LogP contribution is -2.45. The van der Waals surface area contributed by atoms with E-state index in [4.69, 9.17) is 10.5 Å². The minimum absolute atomic E-state index is 0.114. The van der Waals surface area contributed by atoms with Crippen LogP contribution in [-0.2, 0) is 0 Å². The predicted octanol–water partition coefficient (Wildman–Crippen LogP) is 3.34. The van der Waals surface area contributed by atoms with E-state index in [0.717, 1.165) is 18.6 Å². The van der Waals surface area contributed by atoms with E-state index < -0.39 is 0 Å². The van der Waals surface area contributed by atoms with Crippen LogP contribution in [0.4, 0.5) is 0 Å². The Morgan fingerprint density at radius 1 is 1.18 bits per heavy atom. The van der Waals surface area contributed by atoms with Crippen molar-refractivity contribution in [3.05, 3.63) is 29.3 Å². The van der Waals surface area contributed by atoms with Gasteiger partial charge in [0.15, 0.2) is 0 Å². The van der Waals surface area contributed by atoms with Crippen LogP contribution in [0.25, 0.3) is 0 Å². The van der Waals surface area contributed by atoms with Crippen LogP contribution in [0.1, 0.15) is 43.2 Å². The minimum Gasteiger partial charge on any atom is -0.486 e. The molecule has 94 valence electrons. The Labute approximate surface area is 104 Å². The van der Waals surface area contributed by atoms with E-state index in [1.807, 2.05) is 0 Å². The average molecular weight is 233 g/mol. The summed E-state index contributed by atoms with van der Waals surface area (Å²) in [5.41, 5.74) is 8.36. The lowest BCUT2D eigenvalue weighted by atomic mass is 9.84. The third-order valence-electron chi connectivity index (χ3n) is 4.02. The maximum absolute atomic E-state index is 6.28. The van der Waals surface area contributed by atoms with E-state index in [0.29, 0.717) is 6.54 Å². The van der Waals surface area contributed by atoms with Crippen molar-refractivity contribution in [1.82, 2.24) is 0 Å². The molecule has 1 aliphatic carbocycles. The molecule has 0 aliphatic heterocycles. The van der Waals surface area contributed by atoms with Crippen LogP contribution in [0.15, 0.2) is 18.2 Å². The molecular formula is C15H23NO. The predicted molar refractivity (Wildman–Crippen MR) is 71.4 cm³/mol. The van der Waals surface area contributed by atoms with Gasteiger partial charge < -0.3 is 10.5 Å². The van der Waals surface area contributed by atoms with Crippen LogP contribution >= 0.6 is 0 Å². The van der Waals surface area contributed by atoms with Crippen LogP contribution in [0, 0.1) is 13.8 Å². The van der Waals surface area contributed by atoms with Crippen LogP contribution in [0.3, 0.4) is 0 Å². The van der Waals surface area contributed by atoms with Crippen molar-refractivity contribution in [3.8, 4) is 5.75 Å². The molecule has 2 nitrogen and oxygen atoms in total. The summed E-state index contributed by atoms with van der Waals surface area (Å²) >= 11 is 0. The highest BCUT2D eigenvalue weighted by Gasteiger charge is 2.33. The molecule has 1 aromatic rings. The van der Waals surface area contributed by atoms with Crippen molar-refractivity contribution in [1.29, 1.82) is 0 Å². The van der Waals surface area contributed by atoms with Gasteiger partial charge in [-0.1, -0.05) is 18.6 Å². The molecule has 0 saturated heterocycles. The van der Waals surface area contributed by atoms with Crippen molar-refractivity contribution < 1.29 is 4.74 Å². The van der Waals surface area contributed by atoms with E-state index >= 15 is 0 Å². The van der Waals surface area contributed by atoms with Gasteiger partial charge in [-0.15, -0.1) is 0 Å².